The second-order valence-corrected chi connectivity index (χ2v) is 8.41. The van der Waals surface area contributed by atoms with E-state index in [0.29, 0.717) is 19.0 Å². The highest BCUT2D eigenvalue weighted by atomic mass is 16.2. The molecular weight excluding hydrogens is 378 g/mol. The summed E-state index contributed by atoms with van der Waals surface area (Å²) in [4.78, 5) is 33.7. The Balaban J connectivity index is 1.26. The average Bonchev–Trinajstić information content (AvgIpc) is 3.64. The fourth-order valence-corrected chi connectivity index (χ4v) is 4.27. The molecule has 1 aliphatic heterocycles. The van der Waals surface area contributed by atoms with E-state index in [1.165, 1.54) is 0 Å². The lowest BCUT2D eigenvalue weighted by Gasteiger charge is -2.18. The first-order valence-corrected chi connectivity index (χ1v) is 10.6. The van der Waals surface area contributed by atoms with Crippen LogP contribution in [0.4, 0.5) is 0 Å². The Bertz CT molecular complexity index is 866. The second-order valence-electron chi connectivity index (χ2n) is 8.41. The minimum absolute atomic E-state index is 0.0323. The van der Waals surface area contributed by atoms with E-state index in [1.807, 2.05) is 30.5 Å². The Morgan fingerprint density at radius 3 is 2.57 bits per heavy atom. The van der Waals surface area contributed by atoms with Crippen molar-refractivity contribution in [3.05, 3.63) is 54.4 Å². The summed E-state index contributed by atoms with van der Waals surface area (Å²) in [6.45, 7) is 5.15. The number of rotatable bonds is 8. The maximum absolute atomic E-state index is 12.8. The topological polar surface area (TPSA) is 95.5 Å². The first-order chi connectivity index (χ1) is 14.6. The molecule has 2 saturated carbocycles. The molecule has 4 rings (SSSR count). The third kappa shape index (κ3) is 4.67. The molecule has 1 saturated heterocycles. The lowest BCUT2D eigenvalue weighted by atomic mass is 9.94. The predicted octanol–water partition coefficient (Wildman–Crippen LogP) is 1.21. The first-order valence-electron chi connectivity index (χ1n) is 10.6. The molecule has 2 amide bonds. The quantitative estimate of drug-likeness (QED) is 0.446. The molecule has 0 bridgehead atoms. The zero-order valence-corrected chi connectivity index (χ0v) is 17.3. The second kappa shape index (κ2) is 8.92. The van der Waals surface area contributed by atoms with E-state index in [1.54, 1.807) is 19.5 Å². The highest BCUT2D eigenvalue weighted by Crippen LogP contribution is 2.41. The van der Waals surface area contributed by atoms with E-state index in [9.17, 15) is 9.59 Å². The summed E-state index contributed by atoms with van der Waals surface area (Å²) in [5.41, 5.74) is 2.15. The van der Waals surface area contributed by atoms with Gasteiger partial charge in [-0.15, -0.1) is 0 Å². The third-order valence-electron chi connectivity index (χ3n) is 6.26. The monoisotopic (exact) mass is 407 g/mol. The van der Waals surface area contributed by atoms with Crippen molar-refractivity contribution in [2.75, 3.05) is 20.1 Å². The number of carbonyl (C=O) groups is 2. The van der Waals surface area contributed by atoms with Gasteiger partial charge in [-0.1, -0.05) is 18.7 Å². The van der Waals surface area contributed by atoms with E-state index in [2.05, 4.69) is 32.5 Å². The van der Waals surface area contributed by atoms with Crippen molar-refractivity contribution >= 4 is 18.0 Å². The van der Waals surface area contributed by atoms with Crippen molar-refractivity contribution < 1.29 is 9.59 Å². The van der Waals surface area contributed by atoms with Gasteiger partial charge in [0.1, 0.15) is 0 Å². The molecule has 7 nitrogen and oxygen atoms in total. The summed E-state index contributed by atoms with van der Waals surface area (Å²) >= 11 is 0. The maximum atomic E-state index is 12.8. The number of hydrogen-bond acceptors (Lipinski definition) is 5. The van der Waals surface area contributed by atoms with Crippen LogP contribution in [0.2, 0.25) is 0 Å². The Labute approximate surface area is 177 Å². The number of allylic oxidation sites excluding steroid dienone is 2. The number of aromatic nitrogens is 1. The lowest BCUT2D eigenvalue weighted by Crippen LogP contribution is -2.43. The number of nitrogens with one attached hydrogen (secondary N) is 3. The molecular formula is C23H29N5O2. The Morgan fingerprint density at radius 2 is 1.90 bits per heavy atom. The van der Waals surface area contributed by atoms with Gasteiger partial charge >= 0.3 is 0 Å². The van der Waals surface area contributed by atoms with Crippen LogP contribution in [-0.4, -0.2) is 55.2 Å². The first kappa shape index (κ1) is 20.5. The number of carbonyl (C=O) groups excluding carboxylic acids is 2. The van der Waals surface area contributed by atoms with Gasteiger partial charge in [-0.05, 0) is 36.1 Å². The van der Waals surface area contributed by atoms with Crippen LogP contribution in [0.25, 0.3) is 0 Å². The molecule has 3 aliphatic rings. The molecule has 2 aliphatic carbocycles. The molecule has 3 N–H and O–H groups in total. The van der Waals surface area contributed by atoms with Gasteiger partial charge in [0.05, 0.1) is 11.8 Å². The largest absolute Gasteiger partial charge is 0.352 e. The number of aliphatic imine (C=N–C) groups is 1. The Kier molecular flexibility index (Phi) is 6.08. The van der Waals surface area contributed by atoms with Gasteiger partial charge < -0.3 is 16.0 Å². The molecule has 7 heteroatoms. The Hall–Kier alpha value is -2.80. The Morgan fingerprint density at radius 1 is 1.17 bits per heavy atom. The lowest BCUT2D eigenvalue weighted by molar-refractivity contribution is -0.133. The number of nitrogens with zero attached hydrogens (tertiary/aromatic N) is 2. The molecule has 0 aromatic carbocycles. The highest BCUT2D eigenvalue weighted by molar-refractivity contribution is 5.89. The van der Waals surface area contributed by atoms with Gasteiger partial charge in [-0.25, -0.2) is 0 Å². The summed E-state index contributed by atoms with van der Waals surface area (Å²) in [7, 11) is 1.72. The third-order valence-corrected chi connectivity index (χ3v) is 6.26. The van der Waals surface area contributed by atoms with Gasteiger partial charge in [-0.3, -0.25) is 19.6 Å². The summed E-state index contributed by atoms with van der Waals surface area (Å²) in [5, 5.41) is 9.45. The average molecular weight is 408 g/mol. The fraction of sp³-hybridized carbons (Fsp3) is 0.478. The van der Waals surface area contributed by atoms with Crippen LogP contribution >= 0.6 is 0 Å². The highest BCUT2D eigenvalue weighted by Gasteiger charge is 2.46. The van der Waals surface area contributed by atoms with Crippen LogP contribution < -0.4 is 16.0 Å². The van der Waals surface area contributed by atoms with Crippen molar-refractivity contribution in [2.45, 2.75) is 30.8 Å². The predicted molar refractivity (Wildman–Crippen MR) is 116 cm³/mol. The summed E-state index contributed by atoms with van der Waals surface area (Å²) in [5.74, 6) is -0.148. The number of hydrogen-bond donors (Lipinski definition) is 3. The molecule has 158 valence electrons. The number of amides is 2. The summed E-state index contributed by atoms with van der Waals surface area (Å²) < 4.78 is 0. The van der Waals surface area contributed by atoms with Crippen molar-refractivity contribution in [1.82, 2.24) is 20.9 Å². The van der Waals surface area contributed by atoms with Crippen LogP contribution in [0, 0.1) is 17.8 Å². The fourth-order valence-electron chi connectivity index (χ4n) is 4.27. The minimum Gasteiger partial charge on any atom is -0.352 e. The maximum Gasteiger partial charge on any atom is 0.225 e. The van der Waals surface area contributed by atoms with Crippen LogP contribution in [0.15, 0.2) is 53.8 Å². The number of pyridine rings is 1. The normalized spacial score (nSPS) is 32.3. The van der Waals surface area contributed by atoms with Gasteiger partial charge in [0.25, 0.3) is 0 Å². The minimum atomic E-state index is -0.335. The molecule has 3 fully saturated rings. The van der Waals surface area contributed by atoms with Gasteiger partial charge in [0, 0.05) is 62.7 Å². The van der Waals surface area contributed by atoms with Crippen molar-refractivity contribution in [3.63, 3.8) is 0 Å². The van der Waals surface area contributed by atoms with Crippen molar-refractivity contribution in [3.8, 4) is 0 Å². The molecule has 2 heterocycles. The molecule has 1 unspecified atom stereocenters. The molecule has 6 atom stereocenters. The van der Waals surface area contributed by atoms with Crippen molar-refractivity contribution in [1.29, 1.82) is 0 Å². The zero-order valence-electron chi connectivity index (χ0n) is 17.3. The van der Waals surface area contributed by atoms with Crippen LogP contribution in [-0.2, 0) is 9.59 Å². The van der Waals surface area contributed by atoms with Crippen LogP contribution in [0.1, 0.15) is 24.3 Å². The van der Waals surface area contributed by atoms with E-state index >= 15 is 0 Å². The summed E-state index contributed by atoms with van der Waals surface area (Å²) in [6, 6.07) is 4.21. The molecule has 1 aromatic heterocycles. The van der Waals surface area contributed by atoms with Gasteiger partial charge in [0.2, 0.25) is 11.8 Å². The SMILES string of the molecule is C=C(/C=C\C=N/C)[C@H]1CC1NC(=O)[C@@H]1CNC[C@H]1C(=O)N[C@H]1C[C@@H]1c1cccnc1. The van der Waals surface area contributed by atoms with Gasteiger partial charge in [0.15, 0.2) is 0 Å². The van der Waals surface area contributed by atoms with Gasteiger partial charge in [-0.2, -0.15) is 0 Å². The standard InChI is InChI=1S/C23H29N5O2/c1-14(5-3-7-24-2)16-9-20(16)27-22(29)18-12-26-13-19(18)23(30)28-21-10-17(21)15-6-4-8-25-11-15/h3-8,11,16-21,26H,1,9-10,12-13H2,2H3,(H,27,29)(H,28,30)/b5-3-,24-7-/t16-,17-,18-,19-,20?,21+/m1/s1. The van der Waals surface area contributed by atoms with Crippen molar-refractivity contribution in [2.24, 2.45) is 22.7 Å². The van der Waals surface area contributed by atoms with E-state index in [4.69, 9.17) is 0 Å². The smallest absolute Gasteiger partial charge is 0.225 e. The molecule has 0 radical (unpaired) electrons. The summed E-state index contributed by atoms with van der Waals surface area (Å²) in [6.07, 6.45) is 10.9. The zero-order chi connectivity index (χ0) is 21.1. The van der Waals surface area contributed by atoms with E-state index in [0.717, 1.165) is 24.0 Å². The van der Waals surface area contributed by atoms with E-state index in [-0.39, 0.29) is 41.7 Å². The molecule has 0 spiro atoms. The van der Waals surface area contributed by atoms with Crippen LogP contribution in [0.3, 0.4) is 0 Å². The van der Waals surface area contributed by atoms with E-state index < -0.39 is 0 Å². The molecule has 30 heavy (non-hydrogen) atoms. The van der Waals surface area contributed by atoms with Crippen LogP contribution in [0.5, 0.6) is 0 Å². The molecule has 1 aromatic rings.